The molecule has 1 amide bonds. The van der Waals surface area contributed by atoms with Gasteiger partial charge < -0.3 is 5.32 Å². The van der Waals surface area contributed by atoms with Crippen LogP contribution in [0.25, 0.3) is 0 Å². The number of rotatable bonds is 8. The summed E-state index contributed by atoms with van der Waals surface area (Å²) < 4.78 is 27.4. The lowest BCUT2D eigenvalue weighted by Gasteiger charge is -2.24. The predicted molar refractivity (Wildman–Crippen MR) is 111 cm³/mol. The van der Waals surface area contributed by atoms with E-state index < -0.39 is 0 Å². The first kappa shape index (κ1) is 19.7. The molecule has 0 radical (unpaired) electrons. The first-order valence-corrected chi connectivity index (χ1v) is 10.5. The van der Waals surface area contributed by atoms with Crippen molar-refractivity contribution in [3.8, 4) is 0 Å². The molecule has 1 saturated carbocycles. The Labute approximate surface area is 173 Å². The number of amides is 1. The smallest absolute Gasteiger partial charge is 0.234 e. The maximum atomic E-state index is 14.1. The van der Waals surface area contributed by atoms with Crippen LogP contribution in [0, 0.1) is 11.6 Å². The molecule has 6 heteroatoms. The molecule has 1 fully saturated rings. The average molecular weight is 413 g/mol. The standard InChI is InChI=1S/C23H22F2N2OS/c24-18-9-7-16(8-10-18)23(21-6-3-13-29-21)26-22(28)15-27(19-11-12-19)14-17-4-1-2-5-20(17)25/h1-10,13,19,23H,11-12,14-15H2,(H,26,28)/t23-/m0/s1. The van der Waals surface area contributed by atoms with Crippen molar-refractivity contribution in [2.45, 2.75) is 31.5 Å². The number of nitrogens with zero attached hydrogens (tertiary/aromatic N) is 1. The van der Waals surface area contributed by atoms with Gasteiger partial charge in [0.1, 0.15) is 11.6 Å². The number of nitrogens with one attached hydrogen (secondary N) is 1. The van der Waals surface area contributed by atoms with Crippen LogP contribution >= 0.6 is 11.3 Å². The molecule has 0 spiro atoms. The van der Waals surface area contributed by atoms with E-state index in [9.17, 15) is 13.6 Å². The van der Waals surface area contributed by atoms with Crippen LogP contribution < -0.4 is 5.32 Å². The van der Waals surface area contributed by atoms with Crippen LogP contribution in [0.1, 0.15) is 34.9 Å². The Hall–Kier alpha value is -2.57. The molecule has 4 rings (SSSR count). The molecule has 0 saturated heterocycles. The highest BCUT2D eigenvalue weighted by Gasteiger charge is 2.31. The molecule has 1 aromatic heterocycles. The van der Waals surface area contributed by atoms with Crippen molar-refractivity contribution in [2.24, 2.45) is 0 Å². The maximum absolute atomic E-state index is 14.1. The van der Waals surface area contributed by atoms with Crippen LogP contribution in [0.5, 0.6) is 0 Å². The summed E-state index contributed by atoms with van der Waals surface area (Å²) in [5.74, 6) is -0.688. The summed E-state index contributed by atoms with van der Waals surface area (Å²) >= 11 is 1.54. The van der Waals surface area contributed by atoms with Crippen molar-refractivity contribution in [3.63, 3.8) is 0 Å². The largest absolute Gasteiger partial charge is 0.343 e. The van der Waals surface area contributed by atoms with Gasteiger partial charge in [0.25, 0.3) is 0 Å². The first-order valence-electron chi connectivity index (χ1n) is 9.66. The number of halogens is 2. The first-order chi connectivity index (χ1) is 14.1. The summed E-state index contributed by atoms with van der Waals surface area (Å²) in [5, 5.41) is 5.03. The quantitative estimate of drug-likeness (QED) is 0.571. The van der Waals surface area contributed by atoms with Gasteiger partial charge in [-0.25, -0.2) is 8.78 Å². The van der Waals surface area contributed by atoms with E-state index in [4.69, 9.17) is 0 Å². The van der Waals surface area contributed by atoms with E-state index in [0.717, 1.165) is 23.3 Å². The fraction of sp³-hybridized carbons (Fsp3) is 0.261. The Bertz CT molecular complexity index is 955. The molecule has 150 valence electrons. The van der Waals surface area contributed by atoms with Gasteiger partial charge in [-0.2, -0.15) is 0 Å². The molecule has 0 unspecified atom stereocenters. The second-order valence-corrected chi connectivity index (χ2v) is 8.27. The molecule has 1 N–H and O–H groups in total. The van der Waals surface area contributed by atoms with E-state index in [1.165, 1.54) is 18.2 Å². The Morgan fingerprint density at radius 3 is 2.48 bits per heavy atom. The fourth-order valence-corrected chi connectivity index (χ4v) is 4.22. The number of hydrogen-bond donors (Lipinski definition) is 1. The molecule has 1 atom stereocenters. The molecule has 0 aliphatic heterocycles. The Balaban J connectivity index is 1.48. The van der Waals surface area contributed by atoms with Crippen LogP contribution in [-0.4, -0.2) is 23.4 Å². The zero-order valence-electron chi connectivity index (χ0n) is 15.9. The van der Waals surface area contributed by atoms with Crippen molar-refractivity contribution in [1.29, 1.82) is 0 Å². The minimum absolute atomic E-state index is 0.129. The number of carbonyl (C=O) groups excluding carboxylic acids is 1. The van der Waals surface area contributed by atoms with E-state index in [2.05, 4.69) is 5.32 Å². The molecular formula is C23H22F2N2OS. The molecular weight excluding hydrogens is 390 g/mol. The van der Waals surface area contributed by atoms with Crippen molar-refractivity contribution in [3.05, 3.63) is 93.7 Å². The minimum atomic E-state index is -0.336. The van der Waals surface area contributed by atoms with Crippen LogP contribution in [0.2, 0.25) is 0 Å². The van der Waals surface area contributed by atoms with Gasteiger partial charge in [0.05, 0.1) is 12.6 Å². The van der Waals surface area contributed by atoms with E-state index in [1.54, 1.807) is 35.6 Å². The summed E-state index contributed by atoms with van der Waals surface area (Å²) in [6.07, 6.45) is 2.04. The zero-order chi connectivity index (χ0) is 20.2. The molecule has 0 bridgehead atoms. The van der Waals surface area contributed by atoms with Crippen LogP contribution in [0.4, 0.5) is 8.78 Å². The third-order valence-corrected chi connectivity index (χ3v) is 6.01. The van der Waals surface area contributed by atoms with Gasteiger partial charge in [0.15, 0.2) is 0 Å². The van der Waals surface area contributed by atoms with Gasteiger partial charge in [-0.3, -0.25) is 9.69 Å². The van der Waals surface area contributed by atoms with Crippen molar-refractivity contribution >= 4 is 17.2 Å². The lowest BCUT2D eigenvalue weighted by Crippen LogP contribution is -2.40. The van der Waals surface area contributed by atoms with E-state index in [0.29, 0.717) is 18.2 Å². The normalized spacial score (nSPS) is 14.7. The highest BCUT2D eigenvalue weighted by molar-refractivity contribution is 7.10. The van der Waals surface area contributed by atoms with Crippen LogP contribution in [-0.2, 0) is 11.3 Å². The van der Waals surface area contributed by atoms with Crippen molar-refractivity contribution in [1.82, 2.24) is 10.2 Å². The molecule has 1 aliphatic carbocycles. The maximum Gasteiger partial charge on any atom is 0.234 e. The van der Waals surface area contributed by atoms with Crippen molar-refractivity contribution < 1.29 is 13.6 Å². The second-order valence-electron chi connectivity index (χ2n) is 7.30. The number of benzene rings is 2. The second kappa shape index (κ2) is 8.84. The molecule has 3 nitrogen and oxygen atoms in total. The Morgan fingerprint density at radius 1 is 1.07 bits per heavy atom. The lowest BCUT2D eigenvalue weighted by molar-refractivity contribution is -0.123. The van der Waals surface area contributed by atoms with E-state index >= 15 is 0 Å². The van der Waals surface area contributed by atoms with Gasteiger partial charge in [-0.05, 0) is 48.1 Å². The number of carbonyl (C=O) groups is 1. The van der Waals surface area contributed by atoms with Gasteiger partial charge in [0.2, 0.25) is 5.91 Å². The summed E-state index contributed by atoms with van der Waals surface area (Å²) in [6, 6.07) is 16.7. The third kappa shape index (κ3) is 5.08. The Kier molecular flexibility index (Phi) is 6.02. The van der Waals surface area contributed by atoms with Crippen LogP contribution in [0.3, 0.4) is 0 Å². The molecule has 1 aliphatic rings. The topological polar surface area (TPSA) is 32.3 Å². The molecule has 2 aromatic carbocycles. The summed E-state index contributed by atoms with van der Waals surface area (Å²) in [4.78, 5) is 15.9. The van der Waals surface area contributed by atoms with Gasteiger partial charge in [-0.1, -0.05) is 36.4 Å². The molecule has 3 aromatic rings. The Morgan fingerprint density at radius 2 is 1.83 bits per heavy atom. The number of hydrogen-bond acceptors (Lipinski definition) is 3. The van der Waals surface area contributed by atoms with E-state index in [-0.39, 0.29) is 30.1 Å². The van der Waals surface area contributed by atoms with Gasteiger partial charge in [0, 0.05) is 23.0 Å². The molecule has 29 heavy (non-hydrogen) atoms. The predicted octanol–water partition coefficient (Wildman–Crippen LogP) is 4.90. The summed E-state index contributed by atoms with van der Waals surface area (Å²) in [6.45, 7) is 0.604. The minimum Gasteiger partial charge on any atom is -0.343 e. The average Bonchev–Trinajstić information content (AvgIpc) is 3.42. The monoisotopic (exact) mass is 412 g/mol. The SMILES string of the molecule is O=C(CN(Cc1ccccc1F)C1CC1)N[C@@H](c1ccc(F)cc1)c1cccs1. The molecule has 1 heterocycles. The fourth-order valence-electron chi connectivity index (χ4n) is 3.42. The van der Waals surface area contributed by atoms with Crippen LogP contribution in [0.15, 0.2) is 66.0 Å². The summed E-state index contributed by atoms with van der Waals surface area (Å²) in [5.41, 5.74) is 1.43. The summed E-state index contributed by atoms with van der Waals surface area (Å²) in [7, 11) is 0. The third-order valence-electron chi connectivity index (χ3n) is 5.08. The number of thiophene rings is 1. The van der Waals surface area contributed by atoms with Crippen molar-refractivity contribution in [2.75, 3.05) is 6.54 Å². The lowest BCUT2D eigenvalue weighted by atomic mass is 10.1. The van der Waals surface area contributed by atoms with E-state index in [1.807, 2.05) is 28.5 Å². The van der Waals surface area contributed by atoms with Gasteiger partial charge >= 0.3 is 0 Å². The highest BCUT2D eigenvalue weighted by Crippen LogP contribution is 2.29. The van der Waals surface area contributed by atoms with Gasteiger partial charge in [-0.15, -0.1) is 11.3 Å². The highest BCUT2D eigenvalue weighted by atomic mass is 32.1. The zero-order valence-corrected chi connectivity index (χ0v) is 16.7.